The molecule has 1 aliphatic carbocycles. The van der Waals surface area contributed by atoms with Crippen molar-refractivity contribution < 1.29 is 9.90 Å². The lowest BCUT2D eigenvalue weighted by Gasteiger charge is -2.36. The first-order valence-corrected chi connectivity index (χ1v) is 9.68. The molecule has 5 nitrogen and oxygen atoms in total. The Bertz CT molecular complexity index is 529. The first-order chi connectivity index (χ1) is 12.2. The highest BCUT2D eigenvalue weighted by Crippen LogP contribution is 2.23. The minimum absolute atomic E-state index is 0.144. The summed E-state index contributed by atoms with van der Waals surface area (Å²) in [6.07, 6.45) is 4.35. The zero-order valence-electron chi connectivity index (χ0n) is 15.1. The topological polar surface area (TPSA) is 55.8 Å². The van der Waals surface area contributed by atoms with Gasteiger partial charge in [0.05, 0.1) is 6.10 Å². The molecule has 0 aromatic heterocycles. The second-order valence-corrected chi connectivity index (χ2v) is 7.40. The number of hydrogen-bond donors (Lipinski definition) is 2. The summed E-state index contributed by atoms with van der Waals surface area (Å²) in [7, 11) is 0. The maximum Gasteiger partial charge on any atom is 0.221 e. The fourth-order valence-electron chi connectivity index (χ4n) is 3.92. The van der Waals surface area contributed by atoms with Crippen LogP contribution in [0.3, 0.4) is 0 Å². The van der Waals surface area contributed by atoms with Crippen molar-refractivity contribution in [3.63, 3.8) is 0 Å². The molecule has 2 atom stereocenters. The summed E-state index contributed by atoms with van der Waals surface area (Å²) in [6.45, 7) is 5.62. The molecule has 1 heterocycles. The minimum atomic E-state index is -0.170. The van der Waals surface area contributed by atoms with E-state index in [0.717, 1.165) is 65.0 Å². The zero-order valence-corrected chi connectivity index (χ0v) is 15.1. The molecule has 1 aromatic carbocycles. The summed E-state index contributed by atoms with van der Waals surface area (Å²) in [5.74, 6) is 0.590. The summed E-state index contributed by atoms with van der Waals surface area (Å²) in [4.78, 5) is 16.9. The molecule has 138 valence electrons. The number of carbonyl (C=O) groups excluding carboxylic acids is 1. The molecule has 3 rings (SSSR count). The Morgan fingerprint density at radius 3 is 2.60 bits per heavy atom. The molecule has 1 aliphatic heterocycles. The lowest BCUT2D eigenvalue weighted by molar-refractivity contribution is -0.121. The second kappa shape index (κ2) is 9.20. The van der Waals surface area contributed by atoms with E-state index in [1.165, 1.54) is 5.69 Å². The van der Waals surface area contributed by atoms with E-state index in [-0.39, 0.29) is 12.0 Å². The fourth-order valence-corrected chi connectivity index (χ4v) is 3.92. The monoisotopic (exact) mass is 345 g/mol. The van der Waals surface area contributed by atoms with Gasteiger partial charge in [-0.2, -0.15) is 0 Å². The van der Waals surface area contributed by atoms with Gasteiger partial charge in [0.2, 0.25) is 5.91 Å². The third kappa shape index (κ3) is 5.72. The zero-order chi connectivity index (χ0) is 17.5. The quantitative estimate of drug-likeness (QED) is 0.826. The number of benzene rings is 1. The van der Waals surface area contributed by atoms with Gasteiger partial charge in [0, 0.05) is 51.4 Å². The van der Waals surface area contributed by atoms with Crippen LogP contribution in [0.25, 0.3) is 0 Å². The van der Waals surface area contributed by atoms with Crippen molar-refractivity contribution >= 4 is 11.6 Å². The number of aliphatic hydroxyl groups is 1. The Balaban J connectivity index is 1.31. The van der Waals surface area contributed by atoms with E-state index >= 15 is 0 Å². The predicted octanol–water partition coefficient (Wildman–Crippen LogP) is 1.87. The molecule has 2 fully saturated rings. The average molecular weight is 345 g/mol. The van der Waals surface area contributed by atoms with E-state index in [4.69, 9.17) is 0 Å². The third-order valence-corrected chi connectivity index (χ3v) is 5.49. The molecule has 0 radical (unpaired) electrons. The van der Waals surface area contributed by atoms with E-state index < -0.39 is 0 Å². The van der Waals surface area contributed by atoms with Crippen molar-refractivity contribution in [1.82, 2.24) is 10.2 Å². The number of para-hydroxylation sites is 1. The van der Waals surface area contributed by atoms with Crippen LogP contribution in [-0.4, -0.2) is 61.3 Å². The molecule has 2 aliphatic rings. The normalized spacial score (nSPS) is 24.9. The number of anilines is 1. The molecule has 0 bridgehead atoms. The Labute approximate surface area is 151 Å². The van der Waals surface area contributed by atoms with Gasteiger partial charge in [-0.3, -0.25) is 9.69 Å². The summed E-state index contributed by atoms with van der Waals surface area (Å²) in [5, 5.41) is 12.8. The van der Waals surface area contributed by atoms with Crippen molar-refractivity contribution in [1.29, 1.82) is 0 Å². The molecule has 1 saturated heterocycles. The number of aliphatic hydroxyl groups excluding tert-OH is 1. The standard InChI is InChI=1S/C20H31N3O2/c24-19-8-4-5-17(15-19)16-21-20(25)9-10-22-11-13-23(14-12-22)18-6-2-1-3-7-18/h1-3,6-7,17,19,24H,4-5,8-16H2,(H,21,25). The Morgan fingerprint density at radius 1 is 1.12 bits per heavy atom. The van der Waals surface area contributed by atoms with Crippen molar-refractivity contribution in [2.24, 2.45) is 5.92 Å². The van der Waals surface area contributed by atoms with Crippen LogP contribution in [0.1, 0.15) is 32.1 Å². The largest absolute Gasteiger partial charge is 0.393 e. The van der Waals surface area contributed by atoms with Crippen LogP contribution in [0.2, 0.25) is 0 Å². The van der Waals surface area contributed by atoms with Crippen LogP contribution in [-0.2, 0) is 4.79 Å². The van der Waals surface area contributed by atoms with E-state index in [1.807, 2.05) is 6.07 Å². The number of piperazine rings is 1. The number of nitrogens with one attached hydrogen (secondary N) is 1. The minimum Gasteiger partial charge on any atom is -0.393 e. The smallest absolute Gasteiger partial charge is 0.221 e. The van der Waals surface area contributed by atoms with E-state index in [0.29, 0.717) is 12.3 Å². The summed E-state index contributed by atoms with van der Waals surface area (Å²) in [5.41, 5.74) is 1.29. The van der Waals surface area contributed by atoms with Crippen LogP contribution in [0, 0.1) is 5.92 Å². The van der Waals surface area contributed by atoms with Crippen LogP contribution < -0.4 is 10.2 Å². The fraction of sp³-hybridized carbons (Fsp3) is 0.650. The Hall–Kier alpha value is -1.59. The first kappa shape index (κ1) is 18.2. The number of carbonyl (C=O) groups is 1. The predicted molar refractivity (Wildman–Crippen MR) is 101 cm³/mol. The summed E-state index contributed by atoms with van der Waals surface area (Å²) >= 11 is 0. The molecule has 0 spiro atoms. The Kier molecular flexibility index (Phi) is 6.70. The number of nitrogens with zero attached hydrogens (tertiary/aromatic N) is 2. The van der Waals surface area contributed by atoms with E-state index in [1.54, 1.807) is 0 Å². The molecule has 1 saturated carbocycles. The van der Waals surface area contributed by atoms with Gasteiger partial charge in [-0.1, -0.05) is 24.6 Å². The lowest BCUT2D eigenvalue weighted by Crippen LogP contribution is -2.47. The molecule has 25 heavy (non-hydrogen) atoms. The highest BCUT2D eigenvalue weighted by molar-refractivity contribution is 5.76. The maximum absolute atomic E-state index is 12.1. The number of rotatable bonds is 6. The highest BCUT2D eigenvalue weighted by Gasteiger charge is 2.21. The number of hydrogen-bond acceptors (Lipinski definition) is 4. The van der Waals surface area contributed by atoms with Crippen LogP contribution in [0.15, 0.2) is 30.3 Å². The van der Waals surface area contributed by atoms with Gasteiger partial charge >= 0.3 is 0 Å². The summed E-state index contributed by atoms with van der Waals surface area (Å²) < 4.78 is 0. The van der Waals surface area contributed by atoms with Crippen LogP contribution >= 0.6 is 0 Å². The van der Waals surface area contributed by atoms with Crippen LogP contribution in [0.4, 0.5) is 5.69 Å². The van der Waals surface area contributed by atoms with Gasteiger partial charge in [-0.05, 0) is 37.3 Å². The van der Waals surface area contributed by atoms with Crippen molar-refractivity contribution in [2.45, 2.75) is 38.2 Å². The highest BCUT2D eigenvalue weighted by atomic mass is 16.3. The van der Waals surface area contributed by atoms with Gasteiger partial charge in [-0.25, -0.2) is 0 Å². The van der Waals surface area contributed by atoms with Gasteiger partial charge in [-0.15, -0.1) is 0 Å². The van der Waals surface area contributed by atoms with E-state index in [9.17, 15) is 9.90 Å². The SMILES string of the molecule is O=C(CCN1CCN(c2ccccc2)CC1)NCC1CCCC(O)C1. The second-order valence-electron chi connectivity index (χ2n) is 7.40. The number of amides is 1. The molecular formula is C20H31N3O2. The third-order valence-electron chi connectivity index (χ3n) is 5.49. The van der Waals surface area contributed by atoms with Crippen molar-refractivity contribution in [2.75, 3.05) is 44.2 Å². The summed E-state index contributed by atoms with van der Waals surface area (Å²) in [6, 6.07) is 10.5. The van der Waals surface area contributed by atoms with Gasteiger partial charge in [0.1, 0.15) is 0 Å². The molecule has 2 unspecified atom stereocenters. The van der Waals surface area contributed by atoms with Crippen LogP contribution in [0.5, 0.6) is 0 Å². The van der Waals surface area contributed by atoms with E-state index in [2.05, 4.69) is 39.4 Å². The molecule has 1 aromatic rings. The van der Waals surface area contributed by atoms with Crippen molar-refractivity contribution in [3.05, 3.63) is 30.3 Å². The van der Waals surface area contributed by atoms with Crippen molar-refractivity contribution in [3.8, 4) is 0 Å². The Morgan fingerprint density at radius 2 is 1.88 bits per heavy atom. The van der Waals surface area contributed by atoms with Gasteiger partial charge in [0.15, 0.2) is 0 Å². The van der Waals surface area contributed by atoms with Gasteiger partial charge < -0.3 is 15.3 Å². The maximum atomic E-state index is 12.1. The van der Waals surface area contributed by atoms with Gasteiger partial charge in [0.25, 0.3) is 0 Å². The molecule has 2 N–H and O–H groups in total. The lowest BCUT2D eigenvalue weighted by atomic mass is 9.87. The molecule has 5 heteroatoms. The first-order valence-electron chi connectivity index (χ1n) is 9.68. The average Bonchev–Trinajstić information content (AvgIpc) is 2.66. The molecule has 1 amide bonds. The molecular weight excluding hydrogens is 314 g/mol.